The van der Waals surface area contributed by atoms with Crippen molar-refractivity contribution in [3.63, 3.8) is 0 Å². The molecule has 80 heavy (non-hydrogen) atoms. The minimum atomic E-state index is -5.75. The van der Waals surface area contributed by atoms with Gasteiger partial charge in [0.2, 0.25) is 19.7 Å². The van der Waals surface area contributed by atoms with Crippen LogP contribution in [0.2, 0.25) is 0 Å². The highest BCUT2D eigenvalue weighted by atomic mass is 32.2. The van der Waals surface area contributed by atoms with Crippen molar-refractivity contribution >= 4 is 41.5 Å². The number of phenolic OH excluding ortho intramolecular Hbond substituents is 2. The lowest BCUT2D eigenvalue weighted by molar-refractivity contribution is -0.0451. The van der Waals surface area contributed by atoms with Gasteiger partial charge in [-0.3, -0.25) is 0 Å². The first-order valence-electron chi connectivity index (χ1n) is 23.4. The second-order valence-corrected chi connectivity index (χ2v) is 23.7. The highest BCUT2D eigenvalue weighted by molar-refractivity contribution is 7.94. The maximum Gasteiger partial charge on any atom is 0.498 e. The van der Waals surface area contributed by atoms with Crippen LogP contribution in [-0.2, 0) is 48.5 Å². The standard InChI is InChI=1S/C28H22F2O5S.C20H15F3O3S.C10H10F2O4S/c29-27(30,20-35-26(32)21-10-4-1-5-11-21)36(33,34)28(22-12-6-2-7-13-22,23-14-8-3-9-15-23)24-16-18-25(31)19-17-24;21-20(22,23)27(25,26)19(15-7-3-1-4-8-15,16-9-5-2-6-10-16)17-11-13-18(24)14-12-17;1-17(14,15)10(11,12)7-16-9(13)8-5-3-2-4-6-8/h1-19,31H,20H2;1-14,24H;2-6H,7H2,1H3. The van der Waals surface area contributed by atoms with Crippen LogP contribution in [0.1, 0.15) is 54.1 Å². The first kappa shape index (κ1) is 60.9. The first-order valence-corrected chi connectivity index (χ1v) is 28.3. The van der Waals surface area contributed by atoms with Crippen molar-refractivity contribution in [3.05, 3.63) is 275 Å². The van der Waals surface area contributed by atoms with Crippen LogP contribution in [0.5, 0.6) is 11.5 Å². The van der Waals surface area contributed by atoms with Gasteiger partial charge in [0.05, 0.1) is 11.1 Å². The van der Waals surface area contributed by atoms with E-state index in [0.29, 0.717) is 6.26 Å². The molecule has 0 aliphatic rings. The van der Waals surface area contributed by atoms with Crippen LogP contribution in [0.25, 0.3) is 0 Å². The number of aromatic hydroxyl groups is 2. The summed E-state index contributed by atoms with van der Waals surface area (Å²) in [6, 6.07) is 54.5. The highest BCUT2D eigenvalue weighted by Gasteiger charge is 2.63. The number of carbonyl (C=O) groups excluding carboxylic acids is 2. The van der Waals surface area contributed by atoms with Crippen molar-refractivity contribution in [2.45, 2.75) is 25.5 Å². The molecule has 0 saturated carbocycles. The van der Waals surface area contributed by atoms with Gasteiger partial charge in [-0.2, -0.15) is 30.7 Å². The molecule has 8 aromatic rings. The van der Waals surface area contributed by atoms with Gasteiger partial charge in [0.1, 0.15) is 11.5 Å². The summed E-state index contributed by atoms with van der Waals surface area (Å²) in [5, 5.41) is 10.8. The minimum absolute atomic E-state index is 0.00763. The number of ether oxygens (including phenoxy) is 2. The van der Waals surface area contributed by atoms with Gasteiger partial charge in [-0.15, -0.1) is 0 Å². The van der Waals surface area contributed by atoms with Crippen molar-refractivity contribution < 1.29 is 85.3 Å². The lowest BCUT2D eigenvalue weighted by Gasteiger charge is -2.37. The van der Waals surface area contributed by atoms with Gasteiger partial charge in [-0.25, -0.2) is 34.8 Å². The van der Waals surface area contributed by atoms with Crippen molar-refractivity contribution in [1.29, 1.82) is 0 Å². The van der Waals surface area contributed by atoms with E-state index in [1.54, 1.807) is 60.7 Å². The van der Waals surface area contributed by atoms with Crippen LogP contribution in [0, 0.1) is 0 Å². The van der Waals surface area contributed by atoms with Gasteiger partial charge in [-0.1, -0.05) is 182 Å². The molecular formula is C58H47F7O12S3. The molecule has 0 heterocycles. The maximum absolute atomic E-state index is 15.8. The third-order valence-electron chi connectivity index (χ3n) is 12.1. The lowest BCUT2D eigenvalue weighted by atomic mass is 9.84. The predicted octanol–water partition coefficient (Wildman–Crippen LogP) is 11.6. The molecule has 0 radical (unpaired) electrons. The van der Waals surface area contributed by atoms with Gasteiger partial charge in [0.25, 0.3) is 9.84 Å². The summed E-state index contributed by atoms with van der Waals surface area (Å²) in [4.78, 5) is 23.6. The summed E-state index contributed by atoms with van der Waals surface area (Å²) >= 11 is 0. The lowest BCUT2D eigenvalue weighted by Crippen LogP contribution is -2.49. The second-order valence-electron chi connectivity index (χ2n) is 17.3. The number of phenols is 2. The van der Waals surface area contributed by atoms with E-state index in [2.05, 4.69) is 4.74 Å². The topological polar surface area (TPSA) is 195 Å². The molecule has 0 aromatic heterocycles. The summed E-state index contributed by atoms with van der Waals surface area (Å²) in [5.41, 5.74) is -5.48. The Bertz CT molecular complexity index is 3600. The average molecular weight is 1170 g/mol. The molecule has 8 aromatic carbocycles. The molecule has 0 amide bonds. The number of hydrogen-bond donors (Lipinski definition) is 2. The fourth-order valence-corrected chi connectivity index (χ4v) is 12.2. The molecule has 2 N–H and O–H groups in total. The molecule has 0 unspecified atom stereocenters. The van der Waals surface area contributed by atoms with Crippen molar-refractivity contribution in [2.75, 3.05) is 19.5 Å². The van der Waals surface area contributed by atoms with E-state index in [9.17, 15) is 67.0 Å². The predicted molar refractivity (Wildman–Crippen MR) is 284 cm³/mol. The van der Waals surface area contributed by atoms with Gasteiger partial charge < -0.3 is 19.7 Å². The normalized spacial score (nSPS) is 12.3. The van der Waals surface area contributed by atoms with Gasteiger partial charge in [0, 0.05) is 6.26 Å². The molecule has 0 bridgehead atoms. The Balaban J connectivity index is 0.000000207. The van der Waals surface area contributed by atoms with Gasteiger partial charge in [-0.05, 0) is 81.9 Å². The number of halogens is 7. The number of hydrogen-bond acceptors (Lipinski definition) is 12. The Morgan fingerprint density at radius 3 is 0.863 bits per heavy atom. The molecule has 418 valence electrons. The Morgan fingerprint density at radius 1 is 0.362 bits per heavy atom. The summed E-state index contributed by atoms with van der Waals surface area (Å²) in [7, 11) is -15.8. The van der Waals surface area contributed by atoms with E-state index in [0.717, 1.165) is 0 Å². The SMILES string of the molecule is CS(=O)(=O)C(F)(F)COC(=O)c1ccccc1.O=C(OCC(F)(F)S(=O)(=O)C(c1ccccc1)(c1ccccc1)c1ccc(O)cc1)c1ccccc1.O=S(=O)(C(F)(F)F)C(c1ccccc1)(c1ccccc1)c1ccc(O)cc1. The van der Waals surface area contributed by atoms with Crippen molar-refractivity contribution in [2.24, 2.45) is 0 Å². The molecule has 0 saturated heterocycles. The Kier molecular flexibility index (Phi) is 18.8. The van der Waals surface area contributed by atoms with E-state index >= 15 is 8.78 Å². The molecule has 0 atom stereocenters. The number of carbonyl (C=O) groups is 2. The number of sulfone groups is 3. The van der Waals surface area contributed by atoms with Crippen LogP contribution in [-0.4, -0.2) is 82.9 Å². The van der Waals surface area contributed by atoms with Crippen LogP contribution in [0.15, 0.2) is 231 Å². The zero-order valence-corrected chi connectivity index (χ0v) is 44.2. The fourth-order valence-electron chi connectivity index (χ4n) is 8.21. The smallest absolute Gasteiger partial charge is 0.498 e. The number of rotatable bonds is 16. The third kappa shape index (κ3) is 12.7. The van der Waals surface area contributed by atoms with Gasteiger partial charge >= 0.3 is 28.0 Å². The van der Waals surface area contributed by atoms with Crippen LogP contribution in [0.3, 0.4) is 0 Å². The van der Waals surface area contributed by atoms with E-state index in [1.165, 1.54) is 170 Å². The van der Waals surface area contributed by atoms with E-state index in [4.69, 9.17) is 4.74 Å². The fraction of sp³-hybridized carbons (Fsp3) is 0.138. The van der Waals surface area contributed by atoms with E-state index < -0.39 is 80.2 Å². The van der Waals surface area contributed by atoms with E-state index in [1.807, 2.05) is 0 Å². The zero-order valence-electron chi connectivity index (χ0n) is 41.7. The molecule has 0 spiro atoms. The number of alkyl halides is 7. The maximum atomic E-state index is 15.8. The molecule has 0 aliphatic carbocycles. The zero-order chi connectivity index (χ0) is 58.6. The quantitative estimate of drug-likeness (QED) is 0.0529. The molecule has 8 rings (SSSR count). The van der Waals surface area contributed by atoms with Crippen molar-refractivity contribution in [3.8, 4) is 11.5 Å². The summed E-state index contributed by atoms with van der Waals surface area (Å²) in [5.74, 6) is -2.40. The minimum Gasteiger partial charge on any atom is -0.508 e. The summed E-state index contributed by atoms with van der Waals surface area (Å²) in [6.07, 6.45) is 0.378. The van der Waals surface area contributed by atoms with Crippen molar-refractivity contribution in [1.82, 2.24) is 0 Å². The Labute approximate surface area is 456 Å². The molecule has 22 heteroatoms. The molecule has 0 fully saturated rings. The van der Waals surface area contributed by atoms with E-state index in [-0.39, 0.29) is 56.0 Å². The van der Waals surface area contributed by atoms with Gasteiger partial charge in [0.15, 0.2) is 22.7 Å². The second kappa shape index (κ2) is 24.8. The third-order valence-corrected chi connectivity index (χ3v) is 17.8. The molecule has 0 aliphatic heterocycles. The van der Waals surface area contributed by atoms with Crippen LogP contribution < -0.4 is 0 Å². The average Bonchev–Trinajstić information content (AvgIpc) is 3.45. The Morgan fingerprint density at radius 2 is 0.600 bits per heavy atom. The first-order chi connectivity index (χ1) is 37.6. The monoisotopic (exact) mass is 1160 g/mol. The highest BCUT2D eigenvalue weighted by Crippen LogP contribution is 2.51. The van der Waals surface area contributed by atoms with Crippen LogP contribution in [0.4, 0.5) is 30.7 Å². The number of benzene rings is 8. The summed E-state index contributed by atoms with van der Waals surface area (Å²) in [6.45, 7) is -3.16. The van der Waals surface area contributed by atoms with Crippen LogP contribution >= 0.6 is 0 Å². The molecular weight excluding hydrogens is 1120 g/mol. The summed E-state index contributed by atoms with van der Waals surface area (Å²) < 4.78 is 179. The number of esters is 2. The molecule has 12 nitrogen and oxygen atoms in total. The largest absolute Gasteiger partial charge is 0.508 e. The Hall–Kier alpha value is -8.34.